The molecule has 1 aromatic heterocycles. The second-order valence-corrected chi connectivity index (χ2v) is 4.56. The first-order chi connectivity index (χ1) is 7.44. The Labute approximate surface area is 96.3 Å². The first kappa shape index (κ1) is 12.5. The van der Waals surface area contributed by atoms with Gasteiger partial charge in [0.15, 0.2) is 0 Å². The van der Waals surface area contributed by atoms with Crippen molar-refractivity contribution in [3.63, 3.8) is 0 Å². The maximum atomic E-state index is 11.9. The van der Waals surface area contributed by atoms with Gasteiger partial charge in [-0.3, -0.25) is 9.78 Å². The largest absolute Gasteiger partial charge is 0.399 e. The van der Waals surface area contributed by atoms with Gasteiger partial charge in [-0.15, -0.1) is 0 Å². The molecule has 4 heteroatoms. The molecule has 1 amide bonds. The second-order valence-electron chi connectivity index (χ2n) is 4.56. The molecule has 0 atom stereocenters. The van der Waals surface area contributed by atoms with E-state index in [1.54, 1.807) is 12.1 Å². The number of hydrogen-bond acceptors (Lipinski definition) is 3. The van der Waals surface area contributed by atoms with Crippen LogP contribution in [-0.2, 0) is 0 Å². The van der Waals surface area contributed by atoms with Gasteiger partial charge >= 0.3 is 0 Å². The van der Waals surface area contributed by atoms with E-state index < -0.39 is 0 Å². The lowest BCUT2D eigenvalue weighted by molar-refractivity contribution is 0.0904. The summed E-state index contributed by atoms with van der Waals surface area (Å²) in [7, 11) is 0. The van der Waals surface area contributed by atoms with Crippen LogP contribution in [-0.4, -0.2) is 16.4 Å². The first-order valence-electron chi connectivity index (χ1n) is 5.48. The minimum atomic E-state index is -0.210. The van der Waals surface area contributed by atoms with Crippen LogP contribution in [0.5, 0.6) is 0 Å². The molecule has 0 unspecified atom stereocenters. The molecule has 0 saturated heterocycles. The Morgan fingerprint density at radius 3 is 2.81 bits per heavy atom. The van der Waals surface area contributed by atoms with Crippen molar-refractivity contribution in [2.45, 2.75) is 39.2 Å². The third-order valence-electron chi connectivity index (χ3n) is 2.34. The smallest absolute Gasteiger partial charge is 0.270 e. The summed E-state index contributed by atoms with van der Waals surface area (Å²) in [6, 6.07) is 3.24. The average Bonchev–Trinajstić information content (AvgIpc) is 2.16. The zero-order valence-corrected chi connectivity index (χ0v) is 10.1. The van der Waals surface area contributed by atoms with E-state index >= 15 is 0 Å². The highest BCUT2D eigenvalue weighted by atomic mass is 16.2. The molecule has 0 aliphatic carbocycles. The highest BCUT2D eigenvalue weighted by Gasteiger charge is 2.20. The molecule has 4 nitrogen and oxygen atoms in total. The first-order valence-corrected chi connectivity index (χ1v) is 5.48. The number of rotatable bonds is 4. The van der Waals surface area contributed by atoms with Crippen LogP contribution in [0.1, 0.15) is 44.1 Å². The molecule has 1 rings (SSSR count). The van der Waals surface area contributed by atoms with Crippen LogP contribution in [0.25, 0.3) is 0 Å². The minimum absolute atomic E-state index is 0.175. The molecule has 0 aliphatic rings. The molecule has 88 valence electrons. The van der Waals surface area contributed by atoms with Crippen LogP contribution in [0.15, 0.2) is 18.3 Å². The zero-order chi connectivity index (χ0) is 12.2. The van der Waals surface area contributed by atoms with Crippen LogP contribution in [0, 0.1) is 0 Å². The molecule has 0 radical (unpaired) electrons. The SMILES string of the molecule is CCCC(C)(C)NC(=O)c1cc(N)ccn1. The van der Waals surface area contributed by atoms with Crippen molar-refractivity contribution in [2.24, 2.45) is 0 Å². The number of carbonyl (C=O) groups excluding carboxylic acids is 1. The fourth-order valence-electron chi connectivity index (χ4n) is 1.63. The number of nitrogen functional groups attached to an aromatic ring is 1. The topological polar surface area (TPSA) is 68.0 Å². The lowest BCUT2D eigenvalue weighted by Gasteiger charge is -2.25. The molecule has 0 bridgehead atoms. The van der Waals surface area contributed by atoms with Crippen molar-refractivity contribution in [3.05, 3.63) is 24.0 Å². The standard InChI is InChI=1S/C12H19N3O/c1-4-6-12(2,3)15-11(16)10-8-9(13)5-7-14-10/h5,7-8H,4,6H2,1-3H3,(H2,13,14)(H,15,16). The molecular formula is C12H19N3O. The average molecular weight is 221 g/mol. The molecule has 0 spiro atoms. The summed E-state index contributed by atoms with van der Waals surface area (Å²) in [5.41, 5.74) is 6.30. The summed E-state index contributed by atoms with van der Waals surface area (Å²) in [4.78, 5) is 15.8. The fourth-order valence-corrected chi connectivity index (χ4v) is 1.63. The number of aromatic nitrogens is 1. The van der Waals surface area contributed by atoms with Crippen molar-refractivity contribution in [1.82, 2.24) is 10.3 Å². The molecule has 1 aromatic rings. The number of pyridine rings is 1. The van der Waals surface area contributed by atoms with Gasteiger partial charge in [0.05, 0.1) is 0 Å². The Morgan fingerprint density at radius 2 is 2.25 bits per heavy atom. The van der Waals surface area contributed by atoms with Gasteiger partial charge in [-0.25, -0.2) is 0 Å². The highest BCUT2D eigenvalue weighted by Crippen LogP contribution is 2.12. The Morgan fingerprint density at radius 1 is 1.56 bits per heavy atom. The normalized spacial score (nSPS) is 11.2. The maximum absolute atomic E-state index is 11.9. The van der Waals surface area contributed by atoms with Gasteiger partial charge in [0.2, 0.25) is 0 Å². The predicted molar refractivity (Wildman–Crippen MR) is 65.1 cm³/mol. The number of carbonyl (C=O) groups is 1. The third kappa shape index (κ3) is 3.53. The number of nitrogens with one attached hydrogen (secondary N) is 1. The second kappa shape index (κ2) is 4.96. The number of amides is 1. The molecule has 0 aliphatic heterocycles. The Kier molecular flexibility index (Phi) is 3.88. The fraction of sp³-hybridized carbons (Fsp3) is 0.500. The van der Waals surface area contributed by atoms with Gasteiger partial charge in [0, 0.05) is 17.4 Å². The summed E-state index contributed by atoms with van der Waals surface area (Å²) in [6.07, 6.45) is 3.50. The Balaban J connectivity index is 2.72. The van der Waals surface area contributed by atoms with Gasteiger partial charge in [-0.1, -0.05) is 13.3 Å². The van der Waals surface area contributed by atoms with Crippen LogP contribution in [0.3, 0.4) is 0 Å². The van der Waals surface area contributed by atoms with E-state index in [1.165, 1.54) is 6.20 Å². The molecule has 3 N–H and O–H groups in total. The van der Waals surface area contributed by atoms with Crippen LogP contribution in [0.2, 0.25) is 0 Å². The summed E-state index contributed by atoms with van der Waals surface area (Å²) in [6.45, 7) is 6.09. The van der Waals surface area contributed by atoms with Crippen molar-refractivity contribution in [1.29, 1.82) is 0 Å². The van der Waals surface area contributed by atoms with Crippen molar-refractivity contribution >= 4 is 11.6 Å². The minimum Gasteiger partial charge on any atom is -0.399 e. The molecule has 0 aromatic carbocycles. The Hall–Kier alpha value is -1.58. The third-order valence-corrected chi connectivity index (χ3v) is 2.34. The molecule has 0 fully saturated rings. The van der Waals surface area contributed by atoms with E-state index in [0.29, 0.717) is 11.4 Å². The lowest BCUT2D eigenvalue weighted by Crippen LogP contribution is -2.43. The summed E-state index contributed by atoms with van der Waals surface area (Å²) in [5.74, 6) is -0.175. The predicted octanol–water partition coefficient (Wildman–Crippen LogP) is 1.97. The number of hydrogen-bond donors (Lipinski definition) is 2. The number of nitrogens with two attached hydrogens (primary N) is 1. The maximum Gasteiger partial charge on any atom is 0.270 e. The quantitative estimate of drug-likeness (QED) is 0.816. The van der Waals surface area contributed by atoms with Crippen LogP contribution >= 0.6 is 0 Å². The van der Waals surface area contributed by atoms with E-state index in [4.69, 9.17) is 5.73 Å². The highest BCUT2D eigenvalue weighted by molar-refractivity contribution is 5.93. The molecular weight excluding hydrogens is 202 g/mol. The number of nitrogens with zero attached hydrogens (tertiary/aromatic N) is 1. The van der Waals surface area contributed by atoms with E-state index in [1.807, 2.05) is 13.8 Å². The summed E-state index contributed by atoms with van der Waals surface area (Å²) in [5, 5.41) is 2.94. The molecule has 0 saturated carbocycles. The monoisotopic (exact) mass is 221 g/mol. The van der Waals surface area contributed by atoms with Gasteiger partial charge in [-0.2, -0.15) is 0 Å². The van der Waals surface area contributed by atoms with Gasteiger partial charge in [0.1, 0.15) is 5.69 Å². The van der Waals surface area contributed by atoms with E-state index in [9.17, 15) is 4.79 Å². The van der Waals surface area contributed by atoms with E-state index in [0.717, 1.165) is 12.8 Å². The Bertz CT molecular complexity index is 374. The number of anilines is 1. The summed E-state index contributed by atoms with van der Waals surface area (Å²) < 4.78 is 0. The van der Waals surface area contributed by atoms with Crippen LogP contribution < -0.4 is 11.1 Å². The van der Waals surface area contributed by atoms with E-state index in [2.05, 4.69) is 17.2 Å². The van der Waals surface area contributed by atoms with E-state index in [-0.39, 0.29) is 11.4 Å². The molecule has 16 heavy (non-hydrogen) atoms. The zero-order valence-electron chi connectivity index (χ0n) is 10.1. The van der Waals surface area contributed by atoms with Gasteiger partial charge in [-0.05, 0) is 32.4 Å². The van der Waals surface area contributed by atoms with Gasteiger partial charge in [0.25, 0.3) is 5.91 Å². The van der Waals surface area contributed by atoms with Crippen molar-refractivity contribution < 1.29 is 4.79 Å². The van der Waals surface area contributed by atoms with Crippen molar-refractivity contribution in [2.75, 3.05) is 5.73 Å². The molecule has 1 heterocycles. The summed E-state index contributed by atoms with van der Waals surface area (Å²) >= 11 is 0. The van der Waals surface area contributed by atoms with Gasteiger partial charge < -0.3 is 11.1 Å². The lowest BCUT2D eigenvalue weighted by atomic mass is 9.99. The van der Waals surface area contributed by atoms with Crippen LogP contribution in [0.4, 0.5) is 5.69 Å². The van der Waals surface area contributed by atoms with Crippen molar-refractivity contribution in [3.8, 4) is 0 Å².